The van der Waals surface area contributed by atoms with E-state index in [1.54, 1.807) is 18.1 Å². The molecule has 1 aromatic heterocycles. The van der Waals surface area contributed by atoms with Crippen molar-refractivity contribution in [2.24, 2.45) is 0 Å². The van der Waals surface area contributed by atoms with Gasteiger partial charge in [-0.25, -0.2) is 0 Å². The van der Waals surface area contributed by atoms with Gasteiger partial charge in [-0.2, -0.15) is 0 Å². The van der Waals surface area contributed by atoms with E-state index in [-0.39, 0.29) is 11.2 Å². The monoisotopic (exact) mass is 426 g/mol. The van der Waals surface area contributed by atoms with Crippen LogP contribution in [0.25, 0.3) is 0 Å². The van der Waals surface area contributed by atoms with Crippen LogP contribution in [0.3, 0.4) is 0 Å². The lowest BCUT2D eigenvalue weighted by atomic mass is 10.2. The fourth-order valence-corrected chi connectivity index (χ4v) is 4.51. The summed E-state index contributed by atoms with van der Waals surface area (Å²) in [7, 11) is 0. The highest BCUT2D eigenvalue weighted by molar-refractivity contribution is 8.00. The van der Waals surface area contributed by atoms with Crippen LogP contribution in [-0.4, -0.2) is 25.9 Å². The maximum atomic E-state index is 12.8. The molecule has 5 nitrogen and oxygen atoms in total. The molecule has 0 aliphatic rings. The first-order valence-corrected chi connectivity index (χ1v) is 11.5. The minimum absolute atomic E-state index is 0.0424. The average molecular weight is 427 g/mol. The van der Waals surface area contributed by atoms with Gasteiger partial charge in [-0.3, -0.25) is 4.79 Å². The summed E-state index contributed by atoms with van der Waals surface area (Å²) in [5, 5.41) is 11.8. The molecule has 0 saturated heterocycles. The molecule has 1 N–H and O–H groups in total. The van der Waals surface area contributed by atoms with Gasteiger partial charge in [0.05, 0.1) is 10.9 Å². The van der Waals surface area contributed by atoms with Crippen LogP contribution >= 0.6 is 23.5 Å². The van der Waals surface area contributed by atoms with Crippen molar-refractivity contribution >= 4 is 35.1 Å². The van der Waals surface area contributed by atoms with Crippen molar-refractivity contribution in [2.75, 3.05) is 5.32 Å². The first-order chi connectivity index (χ1) is 14.2. The molecular weight excluding hydrogens is 400 g/mol. The van der Waals surface area contributed by atoms with Gasteiger partial charge in [0.15, 0.2) is 5.16 Å². The highest BCUT2D eigenvalue weighted by Gasteiger charge is 2.19. The molecule has 2 aromatic carbocycles. The molecule has 0 radical (unpaired) electrons. The van der Waals surface area contributed by atoms with E-state index in [0.717, 1.165) is 33.6 Å². The molecule has 0 unspecified atom stereocenters. The molecular formula is C22H26N4OS2. The van der Waals surface area contributed by atoms with E-state index in [2.05, 4.69) is 34.6 Å². The number of nitrogens with zero attached hydrogens (tertiary/aromatic N) is 3. The van der Waals surface area contributed by atoms with Gasteiger partial charge in [0.1, 0.15) is 6.33 Å². The number of carbonyl (C=O) groups is 1. The minimum atomic E-state index is -0.279. The molecule has 0 spiro atoms. The van der Waals surface area contributed by atoms with Crippen LogP contribution in [0.1, 0.15) is 33.1 Å². The van der Waals surface area contributed by atoms with E-state index >= 15 is 0 Å². The zero-order valence-electron chi connectivity index (χ0n) is 16.7. The van der Waals surface area contributed by atoms with Gasteiger partial charge >= 0.3 is 0 Å². The van der Waals surface area contributed by atoms with E-state index < -0.39 is 0 Å². The summed E-state index contributed by atoms with van der Waals surface area (Å²) in [6, 6.07) is 18.0. The van der Waals surface area contributed by atoms with Crippen LogP contribution in [0.4, 0.5) is 5.69 Å². The number of amides is 1. The van der Waals surface area contributed by atoms with E-state index in [4.69, 9.17) is 0 Å². The number of nitrogens with one attached hydrogen (secondary N) is 1. The highest BCUT2D eigenvalue weighted by atomic mass is 32.2. The number of anilines is 1. The highest BCUT2D eigenvalue weighted by Crippen LogP contribution is 2.33. The van der Waals surface area contributed by atoms with Gasteiger partial charge in [0.2, 0.25) is 5.91 Å². The number of unbranched alkanes of at least 4 members (excludes halogenated alkanes) is 2. The molecule has 29 heavy (non-hydrogen) atoms. The number of carbonyl (C=O) groups excluding carboxylic acids is 1. The Hall–Kier alpha value is -2.25. The van der Waals surface area contributed by atoms with E-state index in [1.165, 1.54) is 24.6 Å². The fourth-order valence-electron chi connectivity index (χ4n) is 2.74. The maximum absolute atomic E-state index is 12.8. The standard InChI is InChI=1S/C22H26N4OS2/c1-3-4-10-15-26-16-23-25-22(26)28-17(2)21(27)24-19-13-8-9-14-20(19)29-18-11-6-5-7-12-18/h5-9,11-14,16-17H,3-4,10,15H2,1-2H3,(H,24,27)/t17-/m0/s1. The van der Waals surface area contributed by atoms with Gasteiger partial charge in [-0.05, 0) is 37.6 Å². The summed E-state index contributed by atoms with van der Waals surface area (Å²) in [5.74, 6) is -0.0424. The third kappa shape index (κ3) is 6.37. The SMILES string of the molecule is CCCCCn1cnnc1S[C@@H](C)C(=O)Nc1ccccc1Sc1ccccc1. The molecule has 1 atom stereocenters. The van der Waals surface area contributed by atoms with Crippen LogP contribution in [0.15, 0.2) is 75.9 Å². The summed E-state index contributed by atoms with van der Waals surface area (Å²) < 4.78 is 2.03. The second-order valence-electron chi connectivity index (χ2n) is 6.67. The summed E-state index contributed by atoms with van der Waals surface area (Å²) in [5.41, 5.74) is 0.822. The lowest BCUT2D eigenvalue weighted by molar-refractivity contribution is -0.115. The van der Waals surface area contributed by atoms with E-state index in [9.17, 15) is 4.79 Å². The molecule has 0 saturated carbocycles. The molecule has 0 bridgehead atoms. The Balaban J connectivity index is 1.63. The number of thioether (sulfide) groups is 1. The summed E-state index contributed by atoms with van der Waals surface area (Å²) in [6.45, 7) is 4.97. The largest absolute Gasteiger partial charge is 0.324 e. The van der Waals surface area contributed by atoms with E-state index in [0.29, 0.717) is 0 Å². The van der Waals surface area contributed by atoms with Crippen molar-refractivity contribution in [1.82, 2.24) is 14.8 Å². The molecule has 1 heterocycles. The predicted molar refractivity (Wildman–Crippen MR) is 121 cm³/mol. The number of benzene rings is 2. The molecule has 3 rings (SSSR count). The Labute approximate surface area is 180 Å². The Bertz CT molecular complexity index is 914. The maximum Gasteiger partial charge on any atom is 0.237 e. The topological polar surface area (TPSA) is 59.8 Å². The minimum Gasteiger partial charge on any atom is -0.324 e. The van der Waals surface area contributed by atoms with Crippen molar-refractivity contribution in [3.63, 3.8) is 0 Å². The number of rotatable bonds is 10. The smallest absolute Gasteiger partial charge is 0.237 e. The number of hydrogen-bond donors (Lipinski definition) is 1. The Morgan fingerprint density at radius 3 is 2.66 bits per heavy atom. The molecule has 3 aromatic rings. The third-order valence-electron chi connectivity index (χ3n) is 4.35. The van der Waals surface area contributed by atoms with Crippen molar-refractivity contribution in [1.29, 1.82) is 0 Å². The van der Waals surface area contributed by atoms with Crippen molar-refractivity contribution in [2.45, 2.75) is 59.9 Å². The van der Waals surface area contributed by atoms with Crippen molar-refractivity contribution in [3.05, 3.63) is 60.9 Å². The van der Waals surface area contributed by atoms with Crippen LogP contribution in [-0.2, 0) is 11.3 Å². The lowest BCUT2D eigenvalue weighted by Crippen LogP contribution is -2.23. The number of para-hydroxylation sites is 1. The number of aromatic nitrogens is 3. The molecule has 0 fully saturated rings. The zero-order valence-corrected chi connectivity index (χ0v) is 18.4. The predicted octanol–water partition coefficient (Wildman–Crippen LogP) is 5.74. The van der Waals surface area contributed by atoms with Crippen LogP contribution in [0.5, 0.6) is 0 Å². The third-order valence-corrected chi connectivity index (χ3v) is 6.53. The molecule has 1 amide bonds. The van der Waals surface area contributed by atoms with Crippen LogP contribution < -0.4 is 5.32 Å². The average Bonchev–Trinajstić information content (AvgIpc) is 3.17. The molecule has 0 aliphatic carbocycles. The van der Waals surface area contributed by atoms with Gasteiger partial charge in [0, 0.05) is 16.3 Å². The fraction of sp³-hybridized carbons (Fsp3) is 0.318. The van der Waals surface area contributed by atoms with Crippen LogP contribution in [0.2, 0.25) is 0 Å². The van der Waals surface area contributed by atoms with Crippen molar-refractivity contribution in [3.8, 4) is 0 Å². The zero-order chi connectivity index (χ0) is 20.5. The lowest BCUT2D eigenvalue weighted by Gasteiger charge is -2.14. The Kier molecular flexibility index (Phi) is 8.19. The summed E-state index contributed by atoms with van der Waals surface area (Å²) in [6.07, 6.45) is 5.18. The second kappa shape index (κ2) is 11.1. The number of hydrogen-bond acceptors (Lipinski definition) is 5. The van der Waals surface area contributed by atoms with Crippen molar-refractivity contribution < 1.29 is 4.79 Å². The number of aryl methyl sites for hydroxylation is 1. The quantitative estimate of drug-likeness (QED) is 0.331. The summed E-state index contributed by atoms with van der Waals surface area (Å²) in [4.78, 5) is 15.0. The van der Waals surface area contributed by atoms with Gasteiger partial charge in [0.25, 0.3) is 0 Å². The first-order valence-electron chi connectivity index (χ1n) is 9.84. The molecule has 0 aliphatic heterocycles. The molecule has 152 valence electrons. The Morgan fingerprint density at radius 1 is 1.10 bits per heavy atom. The van der Waals surface area contributed by atoms with Gasteiger partial charge < -0.3 is 9.88 Å². The Morgan fingerprint density at radius 2 is 1.86 bits per heavy atom. The molecule has 7 heteroatoms. The normalized spacial score (nSPS) is 11.9. The van der Waals surface area contributed by atoms with E-state index in [1.807, 2.05) is 54.0 Å². The van der Waals surface area contributed by atoms with Gasteiger partial charge in [-0.15, -0.1) is 10.2 Å². The van der Waals surface area contributed by atoms with Crippen LogP contribution in [0, 0.1) is 0 Å². The summed E-state index contributed by atoms with van der Waals surface area (Å²) >= 11 is 3.08. The second-order valence-corrected chi connectivity index (χ2v) is 9.10. The first kappa shape index (κ1) is 21.5. The van der Waals surface area contributed by atoms with Gasteiger partial charge in [-0.1, -0.05) is 73.6 Å².